The number of unbranched alkanes of at least 4 members (excludes halogenated alkanes) is 8. The number of rotatable bonds is 12. The van der Waals surface area contributed by atoms with Gasteiger partial charge in [-0.3, -0.25) is 0 Å². The van der Waals surface area contributed by atoms with Gasteiger partial charge < -0.3 is 4.48 Å². The van der Waals surface area contributed by atoms with E-state index in [1.165, 1.54) is 108 Å². The molecule has 0 radical (unpaired) electrons. The van der Waals surface area contributed by atoms with Crippen LogP contribution in [0.1, 0.15) is 90.9 Å². The van der Waals surface area contributed by atoms with E-state index in [4.69, 9.17) is 0 Å². The molecule has 0 amide bonds. The van der Waals surface area contributed by atoms with Gasteiger partial charge in [-0.2, -0.15) is 0 Å². The van der Waals surface area contributed by atoms with Gasteiger partial charge in [-0.1, -0.05) is 58.8 Å². The predicted molar refractivity (Wildman–Crippen MR) is 86.5 cm³/mol. The Morgan fingerprint density at radius 1 is 0.579 bits per heavy atom. The van der Waals surface area contributed by atoms with Crippen molar-refractivity contribution >= 4 is 0 Å². The molecule has 0 aromatic carbocycles. The fraction of sp³-hybridized carbons (Fsp3) is 1.00. The first-order valence-corrected chi connectivity index (χ1v) is 9.18. The Hall–Kier alpha value is -0.0400. The second kappa shape index (κ2) is 10.7. The van der Waals surface area contributed by atoms with Crippen molar-refractivity contribution in [3.05, 3.63) is 0 Å². The third-order valence-corrected chi connectivity index (χ3v) is 4.95. The summed E-state index contributed by atoms with van der Waals surface area (Å²) < 4.78 is 1.47. The molecule has 1 heterocycles. The van der Waals surface area contributed by atoms with Crippen LogP contribution in [-0.2, 0) is 0 Å². The molecule has 0 N–H and O–H groups in total. The summed E-state index contributed by atoms with van der Waals surface area (Å²) >= 11 is 0. The molecule has 1 saturated heterocycles. The quantitative estimate of drug-likeness (QED) is 0.322. The number of likely N-dealkylation sites (tertiary alicyclic amines) is 1. The highest BCUT2D eigenvalue weighted by molar-refractivity contribution is 4.56. The maximum Gasteiger partial charge on any atom is 0.0788 e. The van der Waals surface area contributed by atoms with Crippen molar-refractivity contribution < 1.29 is 4.48 Å². The molecule has 0 atom stereocenters. The van der Waals surface area contributed by atoms with E-state index in [-0.39, 0.29) is 0 Å². The lowest BCUT2D eigenvalue weighted by atomic mass is 10.1. The average Bonchev–Trinajstić information content (AvgIpc) is 2.86. The summed E-state index contributed by atoms with van der Waals surface area (Å²) in [5.74, 6) is 0. The Labute approximate surface area is 122 Å². The highest BCUT2D eigenvalue weighted by Gasteiger charge is 2.29. The van der Waals surface area contributed by atoms with Crippen molar-refractivity contribution in [1.29, 1.82) is 0 Å². The first-order chi connectivity index (χ1) is 9.33. The molecular formula is C18H38N+. The molecule has 1 aliphatic heterocycles. The minimum Gasteiger partial charge on any atom is -0.324 e. The van der Waals surface area contributed by atoms with E-state index in [1.807, 2.05) is 0 Å². The summed E-state index contributed by atoms with van der Waals surface area (Å²) in [6.07, 6.45) is 17.5. The van der Waals surface area contributed by atoms with Gasteiger partial charge in [-0.15, -0.1) is 0 Å². The van der Waals surface area contributed by atoms with Crippen LogP contribution in [0.25, 0.3) is 0 Å². The Morgan fingerprint density at radius 3 is 1.63 bits per heavy atom. The average molecular weight is 269 g/mol. The van der Waals surface area contributed by atoms with E-state index in [1.54, 1.807) is 0 Å². The molecule has 0 aliphatic carbocycles. The fourth-order valence-electron chi connectivity index (χ4n) is 3.80. The molecule has 19 heavy (non-hydrogen) atoms. The largest absolute Gasteiger partial charge is 0.324 e. The zero-order chi connectivity index (χ0) is 13.8. The molecule has 1 aliphatic rings. The molecule has 1 rings (SSSR count). The van der Waals surface area contributed by atoms with Gasteiger partial charge in [0.1, 0.15) is 0 Å². The molecule has 1 heteroatoms. The van der Waals surface area contributed by atoms with Crippen molar-refractivity contribution in [3.63, 3.8) is 0 Å². The van der Waals surface area contributed by atoms with Gasteiger partial charge in [0.2, 0.25) is 0 Å². The molecule has 0 aromatic heterocycles. The lowest BCUT2D eigenvalue weighted by Crippen LogP contribution is -2.46. The van der Waals surface area contributed by atoms with Crippen molar-refractivity contribution in [2.24, 2.45) is 0 Å². The van der Waals surface area contributed by atoms with Crippen LogP contribution in [0.4, 0.5) is 0 Å². The Balaban J connectivity index is 1.94. The maximum absolute atomic E-state index is 2.36. The van der Waals surface area contributed by atoms with Crippen LogP contribution in [0.15, 0.2) is 0 Å². The first kappa shape index (κ1) is 17.0. The molecular weight excluding hydrogens is 230 g/mol. The molecule has 1 fully saturated rings. The van der Waals surface area contributed by atoms with Crippen molar-refractivity contribution in [2.45, 2.75) is 90.9 Å². The number of nitrogens with zero attached hydrogens (tertiary/aromatic N) is 1. The second-order valence-electron chi connectivity index (χ2n) is 6.77. The van der Waals surface area contributed by atoms with Gasteiger partial charge in [0.15, 0.2) is 0 Å². The SMILES string of the molecule is CCCCCCCCCCC[N+]1(CCC)CCCC1. The van der Waals surface area contributed by atoms with Gasteiger partial charge in [-0.25, -0.2) is 0 Å². The van der Waals surface area contributed by atoms with Gasteiger partial charge in [0.25, 0.3) is 0 Å². The van der Waals surface area contributed by atoms with Crippen LogP contribution >= 0.6 is 0 Å². The number of hydrogen-bond donors (Lipinski definition) is 0. The van der Waals surface area contributed by atoms with Crippen molar-refractivity contribution in [1.82, 2.24) is 0 Å². The second-order valence-corrected chi connectivity index (χ2v) is 6.77. The van der Waals surface area contributed by atoms with Gasteiger partial charge in [0.05, 0.1) is 26.2 Å². The Bertz CT molecular complexity index is 194. The zero-order valence-electron chi connectivity index (χ0n) is 13.8. The molecule has 0 aromatic rings. The van der Waals surface area contributed by atoms with E-state index in [2.05, 4.69) is 13.8 Å². The highest BCUT2D eigenvalue weighted by Crippen LogP contribution is 2.21. The summed E-state index contributed by atoms with van der Waals surface area (Å²) in [6.45, 7) is 10.5. The van der Waals surface area contributed by atoms with Crippen LogP contribution in [0, 0.1) is 0 Å². The molecule has 0 saturated carbocycles. The van der Waals surface area contributed by atoms with E-state index < -0.39 is 0 Å². The minimum atomic E-state index is 1.37. The van der Waals surface area contributed by atoms with Gasteiger partial charge >= 0.3 is 0 Å². The Kier molecular flexibility index (Phi) is 9.59. The topological polar surface area (TPSA) is 0 Å². The standard InChI is InChI=1S/C18H38N/c1-3-5-6-7-8-9-10-11-12-16-19(15-4-2)17-13-14-18-19/h3-18H2,1-2H3/q+1. The zero-order valence-corrected chi connectivity index (χ0v) is 13.8. The molecule has 0 bridgehead atoms. The van der Waals surface area contributed by atoms with Gasteiger partial charge in [0, 0.05) is 12.8 Å². The third kappa shape index (κ3) is 7.34. The fourth-order valence-corrected chi connectivity index (χ4v) is 3.80. The van der Waals surface area contributed by atoms with Crippen LogP contribution in [0.3, 0.4) is 0 Å². The Morgan fingerprint density at radius 2 is 1.11 bits per heavy atom. The van der Waals surface area contributed by atoms with Crippen molar-refractivity contribution in [3.8, 4) is 0 Å². The minimum absolute atomic E-state index is 1.37. The van der Waals surface area contributed by atoms with Crippen LogP contribution in [-0.4, -0.2) is 30.7 Å². The van der Waals surface area contributed by atoms with E-state index >= 15 is 0 Å². The number of hydrogen-bond acceptors (Lipinski definition) is 0. The van der Waals surface area contributed by atoms with Crippen molar-refractivity contribution in [2.75, 3.05) is 26.2 Å². The van der Waals surface area contributed by atoms with Gasteiger partial charge in [-0.05, 0) is 19.3 Å². The lowest BCUT2D eigenvalue weighted by Gasteiger charge is -2.34. The maximum atomic E-state index is 2.36. The summed E-state index contributed by atoms with van der Waals surface area (Å²) in [5.41, 5.74) is 0. The molecule has 114 valence electrons. The smallest absolute Gasteiger partial charge is 0.0788 e. The third-order valence-electron chi connectivity index (χ3n) is 4.95. The summed E-state index contributed by atoms with van der Waals surface area (Å²) in [5, 5.41) is 0. The van der Waals surface area contributed by atoms with E-state index in [0.717, 1.165) is 0 Å². The van der Waals surface area contributed by atoms with E-state index in [0.29, 0.717) is 0 Å². The summed E-state index contributed by atoms with van der Waals surface area (Å²) in [6, 6.07) is 0. The molecule has 1 nitrogen and oxygen atoms in total. The normalized spacial score (nSPS) is 18.0. The molecule has 0 spiro atoms. The van der Waals surface area contributed by atoms with Crippen LogP contribution in [0.5, 0.6) is 0 Å². The van der Waals surface area contributed by atoms with E-state index in [9.17, 15) is 0 Å². The predicted octanol–water partition coefficient (Wildman–Crippen LogP) is 5.54. The highest BCUT2D eigenvalue weighted by atomic mass is 15.4. The summed E-state index contributed by atoms with van der Waals surface area (Å²) in [7, 11) is 0. The lowest BCUT2D eigenvalue weighted by molar-refractivity contribution is -0.917. The first-order valence-electron chi connectivity index (χ1n) is 9.18. The monoisotopic (exact) mass is 268 g/mol. The van der Waals surface area contributed by atoms with Crippen LogP contribution in [0.2, 0.25) is 0 Å². The molecule has 0 unspecified atom stereocenters. The van der Waals surface area contributed by atoms with Crippen LogP contribution < -0.4 is 0 Å². The summed E-state index contributed by atoms with van der Waals surface area (Å²) in [4.78, 5) is 0. The number of quaternary nitrogens is 1.